The number of rotatable bonds is 12. The van der Waals surface area contributed by atoms with Gasteiger partial charge in [-0.2, -0.15) is 5.26 Å². The Hall–Kier alpha value is -3.38. The van der Waals surface area contributed by atoms with Crippen LogP contribution in [0.2, 0.25) is 5.02 Å². The lowest BCUT2D eigenvalue weighted by atomic mass is 9.90. The van der Waals surface area contributed by atoms with Crippen molar-refractivity contribution in [1.29, 1.82) is 5.26 Å². The van der Waals surface area contributed by atoms with E-state index < -0.39 is 0 Å². The van der Waals surface area contributed by atoms with Gasteiger partial charge in [-0.1, -0.05) is 30.9 Å². The monoisotopic (exact) mass is 594 g/mol. The lowest BCUT2D eigenvalue weighted by Crippen LogP contribution is -2.43. The summed E-state index contributed by atoms with van der Waals surface area (Å²) in [5.74, 6) is 1.27. The van der Waals surface area contributed by atoms with Crippen molar-refractivity contribution in [3.05, 3.63) is 46.6 Å². The zero-order chi connectivity index (χ0) is 29.9. The van der Waals surface area contributed by atoms with Crippen LogP contribution in [0.4, 0.5) is 11.5 Å². The van der Waals surface area contributed by atoms with Gasteiger partial charge in [-0.3, -0.25) is 9.59 Å². The van der Waals surface area contributed by atoms with Gasteiger partial charge in [0.2, 0.25) is 0 Å². The summed E-state index contributed by atoms with van der Waals surface area (Å²) in [6, 6.07) is 11.8. The Morgan fingerprint density at radius 2 is 1.83 bits per heavy atom. The van der Waals surface area contributed by atoms with Crippen molar-refractivity contribution in [3.8, 4) is 6.07 Å². The molecule has 1 saturated heterocycles. The molecule has 1 saturated carbocycles. The quantitative estimate of drug-likeness (QED) is 0.238. The molecule has 2 fully saturated rings. The first-order valence-corrected chi connectivity index (χ1v) is 15.7. The van der Waals surface area contributed by atoms with Crippen molar-refractivity contribution in [2.45, 2.75) is 89.6 Å². The molecule has 1 aliphatic heterocycles. The summed E-state index contributed by atoms with van der Waals surface area (Å²) in [5, 5.41) is 21.4. The summed E-state index contributed by atoms with van der Waals surface area (Å²) in [6.45, 7) is 4.19. The third kappa shape index (κ3) is 8.81. The highest BCUT2D eigenvalue weighted by Gasteiger charge is 2.27. The number of anilines is 2. The second kappa shape index (κ2) is 15.7. The molecule has 2 heterocycles. The van der Waals surface area contributed by atoms with Crippen LogP contribution in [0, 0.1) is 17.2 Å². The van der Waals surface area contributed by atoms with Gasteiger partial charge in [-0.15, -0.1) is 10.2 Å². The number of hydrogen-bond donors (Lipinski definition) is 1. The highest BCUT2D eigenvalue weighted by Crippen LogP contribution is 2.30. The molecular weight excluding hydrogens is 552 g/mol. The van der Waals surface area contributed by atoms with Crippen LogP contribution < -0.4 is 15.1 Å². The van der Waals surface area contributed by atoms with Gasteiger partial charge in [-0.05, 0) is 88.1 Å². The zero-order valence-electron chi connectivity index (χ0n) is 24.9. The van der Waals surface area contributed by atoms with E-state index in [1.54, 1.807) is 12.1 Å². The summed E-state index contributed by atoms with van der Waals surface area (Å²) < 4.78 is 4.99. The number of carbonyl (C=O) groups excluding carboxylic acids is 2. The molecule has 4 rings (SSSR count). The minimum atomic E-state index is -0.175. The molecule has 0 bridgehead atoms. The van der Waals surface area contributed by atoms with E-state index in [9.17, 15) is 9.59 Å². The molecule has 0 unspecified atom stereocenters. The average Bonchev–Trinajstić information content (AvgIpc) is 3.01. The Labute approximate surface area is 254 Å². The number of hydrogen-bond acceptors (Lipinski definition) is 8. The Balaban J connectivity index is 1.15. The number of nitriles is 1. The zero-order valence-corrected chi connectivity index (χ0v) is 25.6. The molecule has 2 aliphatic rings. The molecule has 10 heteroatoms. The molecule has 1 N–H and O–H groups in total. The number of nitrogens with zero attached hydrogens (tertiary/aromatic N) is 5. The van der Waals surface area contributed by atoms with Gasteiger partial charge in [0.15, 0.2) is 11.5 Å². The Morgan fingerprint density at radius 3 is 2.48 bits per heavy atom. The smallest absolute Gasteiger partial charge is 0.305 e. The van der Waals surface area contributed by atoms with E-state index >= 15 is 0 Å². The van der Waals surface area contributed by atoms with Crippen LogP contribution in [-0.4, -0.2) is 60.9 Å². The Kier molecular flexibility index (Phi) is 11.8. The molecule has 9 nitrogen and oxygen atoms in total. The van der Waals surface area contributed by atoms with E-state index in [-0.39, 0.29) is 17.9 Å². The number of esters is 1. The van der Waals surface area contributed by atoms with Gasteiger partial charge < -0.3 is 19.9 Å². The first-order valence-electron chi connectivity index (χ1n) is 15.4. The fourth-order valence-electron chi connectivity index (χ4n) is 6.07. The highest BCUT2D eigenvalue weighted by molar-refractivity contribution is 6.32. The number of unbranched alkanes of at least 4 members (excludes halogenated alkanes) is 2. The predicted octanol–water partition coefficient (Wildman–Crippen LogP) is 5.91. The van der Waals surface area contributed by atoms with Crippen LogP contribution in [0.3, 0.4) is 0 Å². The molecule has 0 radical (unpaired) electrons. The Morgan fingerprint density at radius 1 is 1.07 bits per heavy atom. The number of amides is 1. The Bertz CT molecular complexity index is 1220. The summed E-state index contributed by atoms with van der Waals surface area (Å²) in [7, 11) is 2.05. The molecule has 2 aromatic rings. The maximum absolute atomic E-state index is 12.9. The molecule has 1 amide bonds. The minimum absolute atomic E-state index is 0.0886. The largest absolute Gasteiger partial charge is 0.466 e. The van der Waals surface area contributed by atoms with Gasteiger partial charge in [0.1, 0.15) is 6.07 Å². The van der Waals surface area contributed by atoms with Crippen molar-refractivity contribution in [2.24, 2.45) is 5.92 Å². The molecule has 0 spiro atoms. The van der Waals surface area contributed by atoms with Gasteiger partial charge >= 0.3 is 5.97 Å². The summed E-state index contributed by atoms with van der Waals surface area (Å²) in [5.41, 5.74) is 1.82. The number of aromatic nitrogens is 2. The maximum atomic E-state index is 12.9. The molecular formula is C32H43ClN6O3. The number of piperidine rings is 1. The van der Waals surface area contributed by atoms with Crippen LogP contribution in [0.1, 0.15) is 93.6 Å². The predicted molar refractivity (Wildman–Crippen MR) is 165 cm³/mol. The van der Waals surface area contributed by atoms with Gasteiger partial charge in [-0.25, -0.2) is 0 Å². The fraction of sp³-hybridized carbons (Fsp3) is 0.594. The van der Waals surface area contributed by atoms with Crippen molar-refractivity contribution in [2.75, 3.05) is 36.5 Å². The molecule has 42 heavy (non-hydrogen) atoms. The van der Waals surface area contributed by atoms with Crippen LogP contribution in [0.25, 0.3) is 0 Å². The first kappa shape index (κ1) is 31.6. The van der Waals surface area contributed by atoms with E-state index in [1.165, 1.54) is 6.42 Å². The van der Waals surface area contributed by atoms with Gasteiger partial charge in [0, 0.05) is 44.3 Å². The summed E-state index contributed by atoms with van der Waals surface area (Å²) in [6.07, 6.45) is 10.8. The number of benzene rings is 1. The molecule has 1 aromatic carbocycles. The van der Waals surface area contributed by atoms with Gasteiger partial charge in [0.25, 0.3) is 5.91 Å². The molecule has 1 aromatic heterocycles. The van der Waals surface area contributed by atoms with E-state index in [0.717, 1.165) is 82.4 Å². The van der Waals surface area contributed by atoms with Crippen LogP contribution in [-0.2, 0) is 9.53 Å². The number of carbonyl (C=O) groups is 2. The van der Waals surface area contributed by atoms with Crippen LogP contribution in [0.15, 0.2) is 30.3 Å². The van der Waals surface area contributed by atoms with E-state index in [1.807, 2.05) is 25.1 Å². The summed E-state index contributed by atoms with van der Waals surface area (Å²) >= 11 is 6.23. The number of nitrogens with one attached hydrogen (secondary N) is 1. The summed E-state index contributed by atoms with van der Waals surface area (Å²) in [4.78, 5) is 28.8. The lowest BCUT2D eigenvalue weighted by Gasteiger charge is -2.36. The molecule has 1 aliphatic carbocycles. The highest BCUT2D eigenvalue weighted by atomic mass is 35.5. The van der Waals surface area contributed by atoms with Gasteiger partial charge in [0.05, 0.1) is 17.2 Å². The van der Waals surface area contributed by atoms with Crippen LogP contribution in [0.5, 0.6) is 0 Å². The van der Waals surface area contributed by atoms with E-state index in [0.29, 0.717) is 41.3 Å². The lowest BCUT2D eigenvalue weighted by molar-refractivity contribution is -0.143. The normalized spacial score (nSPS) is 19.1. The second-order valence-corrected chi connectivity index (χ2v) is 11.9. The molecule has 226 valence electrons. The van der Waals surface area contributed by atoms with Crippen molar-refractivity contribution in [3.63, 3.8) is 0 Å². The van der Waals surface area contributed by atoms with E-state index in [4.69, 9.17) is 21.6 Å². The minimum Gasteiger partial charge on any atom is -0.466 e. The van der Waals surface area contributed by atoms with Crippen molar-refractivity contribution < 1.29 is 14.3 Å². The third-order valence-electron chi connectivity index (χ3n) is 8.68. The standard InChI is InChI=1S/C32H43ClN6O3/c1-3-42-31(40)8-6-4-5-7-23-17-19-39(20-18-23)30-16-15-29(36-37-30)32(41)35-25-10-13-26(14-11-25)38(2)27-12-9-24(22-34)28(33)21-27/h9,12,15-16,21,23,25-26H,3-8,10-11,13-14,17-20H2,1-2H3,(H,35,41). The first-order chi connectivity index (χ1) is 20.4. The topological polar surface area (TPSA) is 111 Å². The van der Waals surface area contributed by atoms with E-state index in [2.05, 4.69) is 38.4 Å². The average molecular weight is 595 g/mol. The fourth-order valence-corrected chi connectivity index (χ4v) is 6.29. The van der Waals surface area contributed by atoms with Crippen molar-refractivity contribution in [1.82, 2.24) is 15.5 Å². The SMILES string of the molecule is CCOC(=O)CCCCCC1CCN(c2ccc(C(=O)NC3CCC(N(C)c4ccc(C#N)c(Cl)c4)CC3)nn2)CC1. The molecule has 0 atom stereocenters. The maximum Gasteiger partial charge on any atom is 0.305 e. The second-order valence-electron chi connectivity index (χ2n) is 11.5. The number of halogens is 1. The van der Waals surface area contributed by atoms with Crippen LogP contribution >= 0.6 is 11.6 Å². The third-order valence-corrected chi connectivity index (χ3v) is 8.99. The number of ether oxygens (including phenoxy) is 1. The van der Waals surface area contributed by atoms with Crippen molar-refractivity contribution >= 4 is 35.0 Å².